The van der Waals surface area contributed by atoms with Crippen molar-refractivity contribution in [2.24, 2.45) is 5.92 Å². The van der Waals surface area contributed by atoms with Crippen molar-refractivity contribution < 1.29 is 19.4 Å². The Bertz CT molecular complexity index is 833. The first-order chi connectivity index (χ1) is 14.0. The number of anilines is 1. The highest BCUT2D eigenvalue weighted by atomic mass is 16.5. The van der Waals surface area contributed by atoms with E-state index in [0.717, 1.165) is 17.6 Å². The van der Waals surface area contributed by atoms with Gasteiger partial charge in [-0.25, -0.2) is 4.98 Å². The molecule has 3 unspecified atom stereocenters. The number of ether oxygens (including phenoxy) is 1. The monoisotopic (exact) mass is 435 g/mol. The highest BCUT2D eigenvalue weighted by molar-refractivity contribution is 5.92. The summed E-state index contributed by atoms with van der Waals surface area (Å²) in [5.74, 6) is -0.168. The van der Waals surface area contributed by atoms with Crippen molar-refractivity contribution in [3.63, 3.8) is 0 Å². The fourth-order valence-electron chi connectivity index (χ4n) is 3.39. The molecule has 0 aromatic carbocycles. The Kier molecular flexibility index (Phi) is 11.1. The van der Waals surface area contributed by atoms with Gasteiger partial charge in [0.05, 0.1) is 17.4 Å². The van der Waals surface area contributed by atoms with Gasteiger partial charge >= 0.3 is 0 Å². The minimum atomic E-state index is -0.717. The number of aromatic nitrogens is 2. The molecule has 2 aromatic heterocycles. The summed E-state index contributed by atoms with van der Waals surface area (Å²) in [4.78, 5) is 27.9. The first kappa shape index (κ1) is 28.8. The Morgan fingerprint density at radius 1 is 1.39 bits per heavy atom. The maximum Gasteiger partial charge on any atom is 0.226 e. The number of amides is 1. The summed E-state index contributed by atoms with van der Waals surface area (Å²) in [5, 5.41) is 9.80. The van der Waals surface area contributed by atoms with E-state index in [4.69, 9.17) is 4.74 Å². The molecule has 1 N–H and O–H groups in total. The standard InChI is InChI=1S/C11H13N3O.C10H18O3.C2H6.CH4/c1-3-11(15)13(2)9-4-5-10-12-6-7-14(10)8-9;1-7(6-11)10(4)8(12)5-9(2,3)13-10;1-2;/h4-8H,3H2,1-2H3;6-8,12H,5H2,1-4H3;1-2H3;1H4. The van der Waals surface area contributed by atoms with Crippen LogP contribution in [0.15, 0.2) is 30.7 Å². The fraction of sp³-hybridized carbons (Fsp3) is 0.625. The number of aliphatic hydroxyl groups is 1. The molecule has 0 radical (unpaired) electrons. The van der Waals surface area contributed by atoms with Crippen molar-refractivity contribution in [1.82, 2.24) is 9.38 Å². The maximum absolute atomic E-state index is 11.5. The van der Waals surface area contributed by atoms with Crippen molar-refractivity contribution in [3.8, 4) is 0 Å². The smallest absolute Gasteiger partial charge is 0.226 e. The van der Waals surface area contributed by atoms with Gasteiger partial charge in [-0.1, -0.05) is 35.1 Å². The Morgan fingerprint density at radius 2 is 2.00 bits per heavy atom. The van der Waals surface area contributed by atoms with Crippen molar-refractivity contribution in [1.29, 1.82) is 0 Å². The molecule has 3 atom stereocenters. The largest absolute Gasteiger partial charge is 0.390 e. The number of carbonyl (C=O) groups is 2. The number of nitrogens with zero attached hydrogens (tertiary/aromatic N) is 3. The van der Waals surface area contributed by atoms with Crippen LogP contribution in [0.5, 0.6) is 0 Å². The first-order valence-corrected chi connectivity index (χ1v) is 10.6. The van der Waals surface area contributed by atoms with E-state index in [9.17, 15) is 14.7 Å². The lowest BCUT2D eigenvalue weighted by atomic mass is 9.86. The second-order valence-electron chi connectivity index (χ2n) is 8.08. The molecule has 1 fully saturated rings. The number of carbonyl (C=O) groups excluding carboxylic acids is 2. The zero-order chi connectivity index (χ0) is 23.1. The third-order valence-corrected chi connectivity index (χ3v) is 5.39. The molecule has 1 saturated heterocycles. The Balaban J connectivity index is 0.000000527. The third kappa shape index (κ3) is 6.87. The lowest BCUT2D eigenvalue weighted by molar-refractivity contribution is -0.142. The Morgan fingerprint density at radius 3 is 2.48 bits per heavy atom. The van der Waals surface area contributed by atoms with Crippen molar-refractivity contribution >= 4 is 23.5 Å². The number of pyridine rings is 1. The summed E-state index contributed by atoms with van der Waals surface area (Å²) in [6.45, 7) is 13.3. The van der Waals surface area contributed by atoms with Gasteiger partial charge < -0.3 is 23.9 Å². The molecule has 7 heteroatoms. The number of rotatable bonds is 4. The molecule has 7 nitrogen and oxygen atoms in total. The van der Waals surface area contributed by atoms with E-state index in [1.54, 1.807) is 32.0 Å². The number of imidazole rings is 1. The van der Waals surface area contributed by atoms with Crippen LogP contribution in [0.3, 0.4) is 0 Å². The topological polar surface area (TPSA) is 84.1 Å². The quantitative estimate of drug-likeness (QED) is 0.714. The number of hydrogen-bond donors (Lipinski definition) is 1. The molecular formula is C24H41N3O4. The zero-order valence-corrected chi connectivity index (χ0v) is 19.5. The van der Waals surface area contributed by atoms with Crippen LogP contribution in [0.4, 0.5) is 5.69 Å². The van der Waals surface area contributed by atoms with Gasteiger partial charge in [0, 0.05) is 44.4 Å². The predicted molar refractivity (Wildman–Crippen MR) is 126 cm³/mol. The van der Waals surface area contributed by atoms with E-state index in [1.807, 2.05) is 63.5 Å². The van der Waals surface area contributed by atoms with E-state index in [1.165, 1.54) is 0 Å². The lowest BCUT2D eigenvalue weighted by Gasteiger charge is -2.32. The van der Waals surface area contributed by atoms with Gasteiger partial charge in [0.15, 0.2) is 0 Å². The van der Waals surface area contributed by atoms with Crippen LogP contribution in [0, 0.1) is 5.92 Å². The summed E-state index contributed by atoms with van der Waals surface area (Å²) in [7, 11) is 1.78. The Labute approximate surface area is 187 Å². The highest BCUT2D eigenvalue weighted by Gasteiger charge is 2.51. The molecule has 3 rings (SSSR count). The molecule has 1 aliphatic heterocycles. The normalized spacial score (nSPS) is 22.2. The molecular weight excluding hydrogens is 394 g/mol. The summed E-state index contributed by atoms with van der Waals surface area (Å²) in [5.41, 5.74) is 0.722. The van der Waals surface area contributed by atoms with Gasteiger partial charge in [0.25, 0.3) is 0 Å². The van der Waals surface area contributed by atoms with Crippen molar-refractivity contribution in [2.45, 2.75) is 86.0 Å². The molecule has 0 aliphatic carbocycles. The van der Waals surface area contributed by atoms with Crippen molar-refractivity contribution in [3.05, 3.63) is 30.7 Å². The van der Waals surface area contributed by atoms with E-state index in [2.05, 4.69) is 4.98 Å². The van der Waals surface area contributed by atoms with Crippen LogP contribution >= 0.6 is 0 Å². The van der Waals surface area contributed by atoms with Crippen LogP contribution in [0.25, 0.3) is 5.65 Å². The molecule has 1 aliphatic rings. The zero-order valence-electron chi connectivity index (χ0n) is 19.5. The number of fused-ring (bicyclic) bond motifs is 1. The molecule has 1 amide bonds. The van der Waals surface area contributed by atoms with Crippen LogP contribution in [-0.2, 0) is 14.3 Å². The predicted octanol–water partition coefficient (Wildman–Crippen LogP) is 4.51. The molecule has 0 saturated carbocycles. The van der Waals surface area contributed by atoms with Gasteiger partial charge in [-0.2, -0.15) is 0 Å². The molecule has 31 heavy (non-hydrogen) atoms. The lowest BCUT2D eigenvalue weighted by Crippen LogP contribution is -2.43. The first-order valence-electron chi connectivity index (χ1n) is 10.6. The summed E-state index contributed by atoms with van der Waals surface area (Å²) in [6, 6.07) is 3.80. The van der Waals surface area contributed by atoms with E-state index < -0.39 is 11.7 Å². The van der Waals surface area contributed by atoms with E-state index in [0.29, 0.717) is 12.8 Å². The molecule has 2 aromatic rings. The van der Waals surface area contributed by atoms with Crippen LogP contribution < -0.4 is 4.90 Å². The number of hydrogen-bond acceptors (Lipinski definition) is 5. The summed E-state index contributed by atoms with van der Waals surface area (Å²) < 4.78 is 7.62. The second kappa shape index (κ2) is 12.0. The summed E-state index contributed by atoms with van der Waals surface area (Å²) >= 11 is 0. The minimum Gasteiger partial charge on any atom is -0.390 e. The van der Waals surface area contributed by atoms with Crippen molar-refractivity contribution in [2.75, 3.05) is 11.9 Å². The number of aliphatic hydroxyl groups excluding tert-OH is 1. The van der Waals surface area contributed by atoms with Crippen LogP contribution in [0.1, 0.15) is 68.7 Å². The van der Waals surface area contributed by atoms with Crippen LogP contribution in [-0.4, -0.2) is 51.0 Å². The summed E-state index contributed by atoms with van der Waals surface area (Å²) in [6.07, 6.45) is 6.88. The average molecular weight is 436 g/mol. The molecule has 3 heterocycles. The number of aldehydes is 1. The average Bonchev–Trinajstić information content (AvgIpc) is 3.28. The van der Waals surface area contributed by atoms with E-state index >= 15 is 0 Å². The van der Waals surface area contributed by atoms with Gasteiger partial charge in [-0.3, -0.25) is 4.79 Å². The SMILES string of the molecule is C.CC.CC(C=O)C1(C)OC(C)(C)CC1O.CCC(=O)N(C)c1ccc2nccn2c1. The van der Waals surface area contributed by atoms with E-state index in [-0.39, 0.29) is 24.9 Å². The third-order valence-electron chi connectivity index (χ3n) is 5.39. The van der Waals surface area contributed by atoms with Crippen LogP contribution in [0.2, 0.25) is 0 Å². The Hall–Kier alpha value is -2.25. The molecule has 0 spiro atoms. The van der Waals surface area contributed by atoms with Gasteiger partial charge in [-0.05, 0) is 32.9 Å². The molecule has 176 valence electrons. The van der Waals surface area contributed by atoms with Gasteiger partial charge in [0.1, 0.15) is 17.5 Å². The highest BCUT2D eigenvalue weighted by Crippen LogP contribution is 2.41. The van der Waals surface area contributed by atoms with Gasteiger partial charge in [-0.15, -0.1) is 0 Å². The molecule has 0 bridgehead atoms. The maximum atomic E-state index is 11.5. The van der Waals surface area contributed by atoms with Gasteiger partial charge in [0.2, 0.25) is 5.91 Å². The fourth-order valence-corrected chi connectivity index (χ4v) is 3.39. The second-order valence-corrected chi connectivity index (χ2v) is 8.08. The minimum absolute atomic E-state index is 0.